The minimum Gasteiger partial charge on any atom is -0.338 e. The Hall–Kier alpha value is -0.900. The lowest BCUT2D eigenvalue weighted by Crippen LogP contribution is -2.12. The minimum atomic E-state index is -0.0139. The maximum absolute atomic E-state index is 5.94. The fourth-order valence-electron chi connectivity index (χ4n) is 1.55. The van der Waals surface area contributed by atoms with Crippen LogP contribution in [-0.4, -0.2) is 10.1 Å². The van der Waals surface area contributed by atoms with Crippen LogP contribution in [0.25, 0.3) is 0 Å². The Labute approximate surface area is 76.5 Å². The van der Waals surface area contributed by atoms with Crippen molar-refractivity contribution < 1.29 is 4.52 Å². The number of aromatic nitrogens is 2. The first kappa shape index (κ1) is 7.50. The zero-order valence-corrected chi connectivity index (χ0v) is 7.44. The normalized spacial score (nSPS) is 24.7. The van der Waals surface area contributed by atoms with Gasteiger partial charge in [-0.25, -0.2) is 0 Å². The van der Waals surface area contributed by atoms with E-state index in [9.17, 15) is 0 Å². The summed E-state index contributed by atoms with van der Waals surface area (Å²) in [6, 6.07) is -0.0139. The molecule has 0 amide bonds. The summed E-state index contributed by atoms with van der Waals surface area (Å²) < 4.78 is 5.14. The van der Waals surface area contributed by atoms with Gasteiger partial charge in [0.05, 0.1) is 6.04 Å². The van der Waals surface area contributed by atoms with E-state index in [1.54, 1.807) is 0 Å². The highest BCUT2D eigenvalue weighted by molar-refractivity contribution is 5.06. The molecule has 0 radical (unpaired) electrons. The third kappa shape index (κ3) is 1.35. The summed E-state index contributed by atoms with van der Waals surface area (Å²) in [5, 5.41) is 3.94. The van der Waals surface area contributed by atoms with Crippen molar-refractivity contribution in [1.82, 2.24) is 10.1 Å². The molecule has 0 bridgehead atoms. The smallest absolute Gasteiger partial charge is 0.243 e. The zero-order valence-electron chi connectivity index (χ0n) is 7.44. The largest absolute Gasteiger partial charge is 0.338 e. The summed E-state index contributed by atoms with van der Waals surface area (Å²) in [5.74, 6) is 2.66. The van der Waals surface area contributed by atoms with Crippen LogP contribution in [0.5, 0.6) is 0 Å². The zero-order chi connectivity index (χ0) is 8.84. The lowest BCUT2D eigenvalue weighted by Gasteiger charge is -2.01. The lowest BCUT2D eigenvalue weighted by molar-refractivity contribution is 0.340. The van der Waals surface area contributed by atoms with Crippen LogP contribution in [0.15, 0.2) is 4.52 Å². The molecule has 70 valence electrons. The Kier molecular flexibility index (Phi) is 1.47. The van der Waals surface area contributed by atoms with Crippen molar-refractivity contribution in [3.05, 3.63) is 11.7 Å². The molecule has 1 aromatic rings. The number of hydrogen-bond acceptors (Lipinski definition) is 4. The van der Waals surface area contributed by atoms with Gasteiger partial charge < -0.3 is 10.3 Å². The molecule has 2 saturated carbocycles. The van der Waals surface area contributed by atoms with Crippen LogP contribution in [0.4, 0.5) is 0 Å². The Morgan fingerprint density at radius 1 is 1.31 bits per heavy atom. The van der Waals surface area contributed by atoms with Crippen molar-refractivity contribution in [3.8, 4) is 0 Å². The first-order valence-electron chi connectivity index (χ1n) is 4.93. The van der Waals surface area contributed by atoms with E-state index in [0.29, 0.717) is 17.7 Å². The average Bonchev–Trinajstić information content (AvgIpc) is 3.02. The van der Waals surface area contributed by atoms with E-state index in [1.807, 2.05) is 0 Å². The molecule has 4 nitrogen and oxygen atoms in total. The molecule has 3 rings (SSSR count). The third-order valence-electron chi connectivity index (χ3n) is 2.81. The molecule has 0 aromatic carbocycles. The van der Waals surface area contributed by atoms with E-state index in [0.717, 1.165) is 5.82 Å². The second-order valence-corrected chi connectivity index (χ2v) is 4.13. The summed E-state index contributed by atoms with van der Waals surface area (Å²) in [7, 11) is 0. The fourth-order valence-corrected chi connectivity index (χ4v) is 1.55. The quantitative estimate of drug-likeness (QED) is 0.760. The van der Waals surface area contributed by atoms with Gasteiger partial charge in [-0.3, -0.25) is 0 Å². The molecular weight excluding hydrogens is 166 g/mol. The fraction of sp³-hybridized carbons (Fsp3) is 0.778. The molecule has 0 saturated heterocycles. The molecule has 1 unspecified atom stereocenters. The van der Waals surface area contributed by atoms with Crippen molar-refractivity contribution in [3.63, 3.8) is 0 Å². The second kappa shape index (κ2) is 2.54. The van der Waals surface area contributed by atoms with Crippen molar-refractivity contribution in [2.45, 2.75) is 37.6 Å². The molecule has 1 atom stereocenters. The van der Waals surface area contributed by atoms with Crippen LogP contribution in [0, 0.1) is 5.92 Å². The number of rotatable bonds is 3. The molecule has 0 aliphatic heterocycles. The molecule has 4 heteroatoms. The Bertz CT molecular complexity index is 314. The minimum absolute atomic E-state index is 0.0139. The predicted octanol–water partition coefficient (Wildman–Crippen LogP) is 1.36. The molecular formula is C9H13N3O. The van der Waals surface area contributed by atoms with Crippen LogP contribution in [0.1, 0.15) is 49.4 Å². The number of nitrogens with zero attached hydrogens (tertiary/aromatic N) is 2. The van der Waals surface area contributed by atoms with Gasteiger partial charge in [-0.05, 0) is 31.6 Å². The van der Waals surface area contributed by atoms with Gasteiger partial charge in [-0.15, -0.1) is 0 Å². The van der Waals surface area contributed by atoms with Gasteiger partial charge >= 0.3 is 0 Å². The van der Waals surface area contributed by atoms with E-state index in [-0.39, 0.29) is 6.04 Å². The molecule has 2 aliphatic rings. The molecule has 0 spiro atoms. The van der Waals surface area contributed by atoms with Crippen LogP contribution < -0.4 is 5.73 Å². The summed E-state index contributed by atoms with van der Waals surface area (Å²) in [4.78, 5) is 4.33. The molecule has 1 heterocycles. The van der Waals surface area contributed by atoms with Crippen LogP contribution in [0.2, 0.25) is 0 Å². The van der Waals surface area contributed by atoms with Crippen molar-refractivity contribution >= 4 is 0 Å². The van der Waals surface area contributed by atoms with E-state index >= 15 is 0 Å². The standard InChI is InChI=1S/C9H13N3O/c10-7(5-1-2-5)9-11-8(12-13-9)6-3-4-6/h5-7H,1-4,10H2. The molecule has 2 fully saturated rings. The highest BCUT2D eigenvalue weighted by atomic mass is 16.5. The first-order valence-corrected chi connectivity index (χ1v) is 4.93. The molecule has 13 heavy (non-hydrogen) atoms. The molecule has 2 N–H and O–H groups in total. The van der Waals surface area contributed by atoms with Crippen LogP contribution >= 0.6 is 0 Å². The Morgan fingerprint density at radius 2 is 2.08 bits per heavy atom. The third-order valence-corrected chi connectivity index (χ3v) is 2.81. The van der Waals surface area contributed by atoms with Crippen LogP contribution in [0.3, 0.4) is 0 Å². The molecule has 1 aromatic heterocycles. The maximum atomic E-state index is 5.94. The van der Waals surface area contributed by atoms with E-state index < -0.39 is 0 Å². The van der Waals surface area contributed by atoms with Gasteiger partial charge in [-0.1, -0.05) is 5.16 Å². The van der Waals surface area contributed by atoms with Gasteiger partial charge in [0.25, 0.3) is 0 Å². The van der Waals surface area contributed by atoms with Crippen molar-refractivity contribution in [2.75, 3.05) is 0 Å². The van der Waals surface area contributed by atoms with Crippen molar-refractivity contribution in [1.29, 1.82) is 0 Å². The predicted molar refractivity (Wildman–Crippen MR) is 45.9 cm³/mol. The summed E-state index contributed by atoms with van der Waals surface area (Å²) in [6.45, 7) is 0. The number of hydrogen-bond donors (Lipinski definition) is 1. The van der Waals surface area contributed by atoms with E-state index in [4.69, 9.17) is 10.3 Å². The SMILES string of the molecule is NC(c1nc(C2CC2)no1)C1CC1. The Morgan fingerprint density at radius 3 is 2.69 bits per heavy atom. The lowest BCUT2D eigenvalue weighted by atomic mass is 10.2. The van der Waals surface area contributed by atoms with E-state index in [2.05, 4.69) is 10.1 Å². The monoisotopic (exact) mass is 179 g/mol. The van der Waals surface area contributed by atoms with Gasteiger partial charge in [0, 0.05) is 5.92 Å². The van der Waals surface area contributed by atoms with Gasteiger partial charge in [0.15, 0.2) is 5.82 Å². The highest BCUT2D eigenvalue weighted by Crippen LogP contribution is 2.41. The highest BCUT2D eigenvalue weighted by Gasteiger charge is 2.35. The van der Waals surface area contributed by atoms with Crippen molar-refractivity contribution in [2.24, 2.45) is 11.7 Å². The topological polar surface area (TPSA) is 64.9 Å². The molecule has 2 aliphatic carbocycles. The van der Waals surface area contributed by atoms with E-state index in [1.165, 1.54) is 25.7 Å². The van der Waals surface area contributed by atoms with Crippen LogP contribution in [-0.2, 0) is 0 Å². The summed E-state index contributed by atoms with van der Waals surface area (Å²) in [6.07, 6.45) is 4.83. The first-order chi connectivity index (χ1) is 6.34. The Balaban J connectivity index is 1.79. The summed E-state index contributed by atoms with van der Waals surface area (Å²) in [5.41, 5.74) is 5.94. The van der Waals surface area contributed by atoms with Gasteiger partial charge in [-0.2, -0.15) is 4.98 Å². The average molecular weight is 179 g/mol. The van der Waals surface area contributed by atoms with Gasteiger partial charge in [0.1, 0.15) is 0 Å². The van der Waals surface area contributed by atoms with Gasteiger partial charge in [0.2, 0.25) is 5.89 Å². The number of nitrogens with two attached hydrogens (primary N) is 1. The second-order valence-electron chi connectivity index (χ2n) is 4.13. The maximum Gasteiger partial charge on any atom is 0.243 e. The summed E-state index contributed by atoms with van der Waals surface area (Å²) >= 11 is 0.